The predicted molar refractivity (Wildman–Crippen MR) is 64.2 cm³/mol. The third-order valence-electron chi connectivity index (χ3n) is 2.29. The number of pyridine rings is 1. The van der Waals surface area contributed by atoms with Gasteiger partial charge in [-0.15, -0.1) is 0 Å². The minimum absolute atomic E-state index is 0.0196. The largest absolute Gasteiger partial charge is 0.353 e. The molecular weight excluding hydrogens is 202 g/mol. The predicted octanol–water partition coefficient (Wildman–Crippen LogP) is 2.71. The van der Waals surface area contributed by atoms with Gasteiger partial charge < -0.3 is 9.47 Å². The molecule has 90 valence electrons. The van der Waals surface area contributed by atoms with Crippen LogP contribution in [0.15, 0.2) is 18.3 Å². The van der Waals surface area contributed by atoms with E-state index >= 15 is 0 Å². The molecule has 3 nitrogen and oxygen atoms in total. The average Bonchev–Trinajstić information content (AvgIpc) is 2.28. The Kier molecular flexibility index (Phi) is 5.43. The number of nitrogens with zero attached hydrogens (tertiary/aromatic N) is 1. The first kappa shape index (κ1) is 13.1. The zero-order chi connectivity index (χ0) is 12.0. The van der Waals surface area contributed by atoms with E-state index in [0.29, 0.717) is 5.92 Å². The molecule has 1 aromatic heterocycles. The lowest BCUT2D eigenvalue weighted by molar-refractivity contribution is -0.187. The van der Waals surface area contributed by atoms with Gasteiger partial charge in [-0.3, -0.25) is 4.98 Å². The third kappa shape index (κ3) is 5.24. The summed E-state index contributed by atoms with van der Waals surface area (Å²) in [4.78, 5) is 4.08. The van der Waals surface area contributed by atoms with E-state index in [1.807, 2.05) is 33.0 Å². The Morgan fingerprint density at radius 3 is 2.12 bits per heavy atom. The van der Waals surface area contributed by atoms with Crippen LogP contribution in [0.2, 0.25) is 0 Å². The van der Waals surface area contributed by atoms with E-state index < -0.39 is 0 Å². The molecule has 1 aliphatic rings. The fraction of sp³-hybridized carbons (Fsp3) is 0.615. The number of aryl methyl sites for hydroxylation is 2. The molecule has 0 saturated carbocycles. The van der Waals surface area contributed by atoms with Crippen molar-refractivity contribution in [1.29, 1.82) is 0 Å². The maximum absolute atomic E-state index is 5.17. The number of hydrogen-bond acceptors (Lipinski definition) is 3. The lowest BCUT2D eigenvalue weighted by Gasteiger charge is -2.24. The lowest BCUT2D eigenvalue weighted by Crippen LogP contribution is -2.27. The zero-order valence-electron chi connectivity index (χ0n) is 10.6. The van der Waals surface area contributed by atoms with Gasteiger partial charge in [0.2, 0.25) is 0 Å². The molecular formula is C13H21NO2. The number of ether oxygens (including phenoxy) is 2. The molecule has 0 aromatic carbocycles. The molecule has 0 amide bonds. The van der Waals surface area contributed by atoms with Crippen LogP contribution in [-0.4, -0.2) is 24.5 Å². The Bertz CT molecular complexity index is 258. The summed E-state index contributed by atoms with van der Waals surface area (Å²) in [6, 6.07) is 4.07. The standard InChI is InChI=1S/C7H9N.C6H12O2/c1-6-3-4-7(2)8-5-6;1-5-3-7-6(2)8-4-5/h3-5H,1-2H3;5-6H,3-4H2,1-2H3. The Morgan fingerprint density at radius 1 is 1.12 bits per heavy atom. The molecule has 1 aromatic rings. The zero-order valence-corrected chi connectivity index (χ0v) is 10.6. The molecule has 1 aliphatic heterocycles. The van der Waals surface area contributed by atoms with Gasteiger partial charge in [-0.1, -0.05) is 13.0 Å². The van der Waals surface area contributed by atoms with Gasteiger partial charge in [0.1, 0.15) is 0 Å². The summed E-state index contributed by atoms with van der Waals surface area (Å²) in [5.74, 6) is 0.575. The molecule has 1 fully saturated rings. The second-order valence-corrected chi connectivity index (χ2v) is 4.32. The van der Waals surface area contributed by atoms with Gasteiger partial charge in [-0.25, -0.2) is 0 Å². The molecule has 2 heterocycles. The molecule has 0 atom stereocenters. The fourth-order valence-corrected chi connectivity index (χ4v) is 1.24. The Morgan fingerprint density at radius 2 is 1.75 bits per heavy atom. The third-order valence-corrected chi connectivity index (χ3v) is 2.29. The van der Waals surface area contributed by atoms with Crippen molar-refractivity contribution in [3.63, 3.8) is 0 Å². The van der Waals surface area contributed by atoms with E-state index in [2.05, 4.69) is 18.0 Å². The summed E-state index contributed by atoms with van der Waals surface area (Å²) in [7, 11) is 0. The quantitative estimate of drug-likeness (QED) is 0.677. The first-order chi connectivity index (χ1) is 7.58. The first-order valence-corrected chi connectivity index (χ1v) is 5.70. The van der Waals surface area contributed by atoms with Crippen molar-refractivity contribution in [1.82, 2.24) is 4.98 Å². The van der Waals surface area contributed by atoms with Gasteiger partial charge in [0.05, 0.1) is 13.2 Å². The van der Waals surface area contributed by atoms with E-state index in [9.17, 15) is 0 Å². The van der Waals surface area contributed by atoms with Crippen molar-refractivity contribution in [3.8, 4) is 0 Å². The number of rotatable bonds is 0. The van der Waals surface area contributed by atoms with E-state index in [-0.39, 0.29) is 6.29 Å². The summed E-state index contributed by atoms with van der Waals surface area (Å²) in [5, 5.41) is 0. The van der Waals surface area contributed by atoms with E-state index in [4.69, 9.17) is 9.47 Å². The van der Waals surface area contributed by atoms with Gasteiger partial charge >= 0.3 is 0 Å². The molecule has 3 heteroatoms. The van der Waals surface area contributed by atoms with Crippen LogP contribution in [-0.2, 0) is 9.47 Å². The summed E-state index contributed by atoms with van der Waals surface area (Å²) in [6.07, 6.45) is 1.89. The topological polar surface area (TPSA) is 31.4 Å². The van der Waals surface area contributed by atoms with Gasteiger partial charge in [-0.2, -0.15) is 0 Å². The molecule has 0 spiro atoms. The highest BCUT2D eigenvalue weighted by atomic mass is 16.7. The van der Waals surface area contributed by atoms with E-state index in [0.717, 1.165) is 18.9 Å². The Hall–Kier alpha value is -0.930. The minimum Gasteiger partial charge on any atom is -0.353 e. The molecule has 0 radical (unpaired) electrons. The van der Waals surface area contributed by atoms with Crippen LogP contribution in [0, 0.1) is 19.8 Å². The van der Waals surface area contributed by atoms with Crippen molar-refractivity contribution in [3.05, 3.63) is 29.6 Å². The van der Waals surface area contributed by atoms with Crippen LogP contribution in [0.4, 0.5) is 0 Å². The SMILES string of the molecule is CC1COC(C)OC1.Cc1ccc(C)nc1. The van der Waals surface area contributed by atoms with Gasteiger partial charge in [0, 0.05) is 17.8 Å². The van der Waals surface area contributed by atoms with Crippen molar-refractivity contribution in [2.75, 3.05) is 13.2 Å². The normalized spacial score (nSPS) is 24.5. The van der Waals surface area contributed by atoms with Crippen LogP contribution in [0.5, 0.6) is 0 Å². The van der Waals surface area contributed by atoms with E-state index in [1.54, 1.807) is 0 Å². The van der Waals surface area contributed by atoms with Crippen molar-refractivity contribution < 1.29 is 9.47 Å². The van der Waals surface area contributed by atoms with Crippen LogP contribution in [0.1, 0.15) is 25.1 Å². The van der Waals surface area contributed by atoms with Crippen LogP contribution in [0.3, 0.4) is 0 Å². The highest BCUT2D eigenvalue weighted by Crippen LogP contribution is 2.08. The molecule has 0 aliphatic carbocycles. The van der Waals surface area contributed by atoms with Crippen LogP contribution >= 0.6 is 0 Å². The summed E-state index contributed by atoms with van der Waals surface area (Å²) in [5.41, 5.74) is 2.30. The fourth-order valence-electron chi connectivity index (χ4n) is 1.24. The highest BCUT2D eigenvalue weighted by Gasteiger charge is 2.13. The average molecular weight is 223 g/mol. The molecule has 0 N–H and O–H groups in total. The van der Waals surface area contributed by atoms with Crippen molar-refractivity contribution in [2.24, 2.45) is 5.92 Å². The molecule has 16 heavy (non-hydrogen) atoms. The minimum atomic E-state index is 0.0196. The summed E-state index contributed by atoms with van der Waals surface area (Å²) < 4.78 is 10.3. The maximum Gasteiger partial charge on any atom is 0.154 e. The molecule has 2 rings (SSSR count). The molecule has 0 bridgehead atoms. The van der Waals surface area contributed by atoms with Crippen molar-refractivity contribution >= 4 is 0 Å². The smallest absolute Gasteiger partial charge is 0.154 e. The van der Waals surface area contributed by atoms with Crippen LogP contribution in [0.25, 0.3) is 0 Å². The first-order valence-electron chi connectivity index (χ1n) is 5.70. The van der Waals surface area contributed by atoms with Crippen LogP contribution < -0.4 is 0 Å². The van der Waals surface area contributed by atoms with Gasteiger partial charge in [0.15, 0.2) is 6.29 Å². The second kappa shape index (κ2) is 6.61. The summed E-state index contributed by atoms with van der Waals surface area (Å²) in [6.45, 7) is 9.76. The highest BCUT2D eigenvalue weighted by molar-refractivity contribution is 5.10. The Balaban J connectivity index is 0.000000160. The monoisotopic (exact) mass is 223 g/mol. The number of hydrogen-bond donors (Lipinski definition) is 0. The van der Waals surface area contributed by atoms with Crippen molar-refractivity contribution in [2.45, 2.75) is 34.0 Å². The summed E-state index contributed by atoms with van der Waals surface area (Å²) >= 11 is 0. The van der Waals surface area contributed by atoms with Gasteiger partial charge in [0.25, 0.3) is 0 Å². The Labute approximate surface area is 97.8 Å². The number of aromatic nitrogens is 1. The van der Waals surface area contributed by atoms with E-state index in [1.165, 1.54) is 5.56 Å². The van der Waals surface area contributed by atoms with Gasteiger partial charge in [-0.05, 0) is 32.4 Å². The molecule has 1 saturated heterocycles. The second-order valence-electron chi connectivity index (χ2n) is 4.32. The molecule has 0 unspecified atom stereocenters. The maximum atomic E-state index is 5.17. The lowest BCUT2D eigenvalue weighted by atomic mass is 10.2.